The maximum Gasteiger partial charge on any atom is 0.285 e. The Hall–Kier alpha value is -1.25. The van der Waals surface area contributed by atoms with E-state index < -0.39 is 46.5 Å². The molecule has 1 unspecified atom stereocenters. The van der Waals surface area contributed by atoms with Gasteiger partial charge in [-0.1, -0.05) is 45.4 Å². The Morgan fingerprint density at radius 3 is 1.65 bits per heavy atom. The van der Waals surface area contributed by atoms with Crippen molar-refractivity contribution in [3.63, 3.8) is 0 Å². The third-order valence-electron chi connectivity index (χ3n) is 5.43. The summed E-state index contributed by atoms with van der Waals surface area (Å²) in [5.41, 5.74) is -0.831. The first-order chi connectivity index (χ1) is 14.8. The lowest BCUT2D eigenvalue weighted by atomic mass is 9.90. The van der Waals surface area contributed by atoms with Crippen LogP contribution in [-0.2, 0) is 20.6 Å². The molecule has 8 heteroatoms. The number of ether oxygens (including phenoxy) is 3. The van der Waals surface area contributed by atoms with E-state index in [0.717, 1.165) is 38.5 Å². The fourth-order valence-electron chi connectivity index (χ4n) is 3.82. The third-order valence-corrected chi connectivity index (χ3v) is 5.43. The number of unbranched alkanes of at least 4 members (excludes halogenated alkanes) is 5. The molecule has 0 aliphatic carbocycles. The highest BCUT2D eigenvalue weighted by Crippen LogP contribution is 2.35. The zero-order valence-electron chi connectivity index (χ0n) is 19.0. The van der Waals surface area contributed by atoms with Crippen molar-refractivity contribution in [2.45, 2.75) is 84.5 Å². The molecule has 0 saturated carbocycles. The van der Waals surface area contributed by atoms with Crippen LogP contribution in [0, 0.1) is 35.0 Å². The van der Waals surface area contributed by atoms with Gasteiger partial charge in [-0.3, -0.25) is 0 Å². The van der Waals surface area contributed by atoms with E-state index >= 15 is 0 Å². The van der Waals surface area contributed by atoms with Crippen molar-refractivity contribution < 1.29 is 36.2 Å². The Morgan fingerprint density at radius 1 is 0.677 bits per heavy atom. The van der Waals surface area contributed by atoms with Crippen molar-refractivity contribution in [1.29, 1.82) is 0 Å². The first kappa shape index (κ1) is 27.8. The number of hydrogen-bond acceptors (Lipinski definition) is 3. The van der Waals surface area contributed by atoms with Gasteiger partial charge in [-0.2, -0.15) is 0 Å². The number of methoxy groups -OCH3 is 1. The SMILES string of the molecule is CCCCCCCCC(CCc1c(F)c(F)c(F)c(F)c1F)C(OC)(OCC)OCC. The van der Waals surface area contributed by atoms with E-state index in [0.29, 0.717) is 6.42 Å². The summed E-state index contributed by atoms with van der Waals surface area (Å²) < 4.78 is 85.8. The molecule has 3 nitrogen and oxygen atoms in total. The van der Waals surface area contributed by atoms with Crippen molar-refractivity contribution in [1.82, 2.24) is 0 Å². The van der Waals surface area contributed by atoms with Gasteiger partial charge in [0, 0.05) is 31.8 Å². The van der Waals surface area contributed by atoms with Gasteiger partial charge in [0.1, 0.15) is 0 Å². The molecule has 0 aromatic heterocycles. The second-order valence-corrected chi connectivity index (χ2v) is 7.51. The highest BCUT2D eigenvalue weighted by atomic mass is 19.2. The summed E-state index contributed by atoms with van der Waals surface area (Å²) in [4.78, 5) is 0. The van der Waals surface area contributed by atoms with Crippen LogP contribution in [0.3, 0.4) is 0 Å². The van der Waals surface area contributed by atoms with E-state index in [1.807, 2.05) is 0 Å². The molecule has 1 atom stereocenters. The van der Waals surface area contributed by atoms with Gasteiger partial charge in [0.2, 0.25) is 5.82 Å². The van der Waals surface area contributed by atoms with E-state index in [1.54, 1.807) is 13.8 Å². The molecule has 0 amide bonds. The molecule has 31 heavy (non-hydrogen) atoms. The Labute approximate surface area is 182 Å². The molecule has 0 heterocycles. The lowest BCUT2D eigenvalue weighted by molar-refractivity contribution is -0.395. The van der Waals surface area contributed by atoms with Gasteiger partial charge in [0.15, 0.2) is 23.3 Å². The molecular formula is C23H35F5O3. The quantitative estimate of drug-likeness (QED) is 0.0880. The Kier molecular flexibility index (Phi) is 12.6. The highest BCUT2D eigenvalue weighted by Gasteiger charge is 2.41. The normalized spacial score (nSPS) is 13.1. The Balaban J connectivity index is 3.06. The number of hydrogen-bond donors (Lipinski definition) is 0. The first-order valence-electron chi connectivity index (χ1n) is 11.1. The minimum absolute atomic E-state index is 0.0706. The number of rotatable bonds is 16. The van der Waals surface area contributed by atoms with Crippen molar-refractivity contribution >= 4 is 0 Å². The summed E-state index contributed by atoms with van der Waals surface area (Å²) in [5, 5.41) is 0. The highest BCUT2D eigenvalue weighted by molar-refractivity contribution is 5.24. The van der Waals surface area contributed by atoms with Crippen LogP contribution >= 0.6 is 0 Å². The summed E-state index contributed by atoms with van der Waals surface area (Å²) in [5.74, 6) is -11.5. The Bertz CT molecular complexity index is 634. The lowest BCUT2D eigenvalue weighted by Gasteiger charge is -2.38. The van der Waals surface area contributed by atoms with Crippen molar-refractivity contribution in [3.8, 4) is 0 Å². The predicted molar refractivity (Wildman–Crippen MR) is 109 cm³/mol. The first-order valence-corrected chi connectivity index (χ1v) is 11.1. The minimum atomic E-state index is -2.16. The van der Waals surface area contributed by atoms with Crippen LogP contribution in [0.25, 0.3) is 0 Å². The van der Waals surface area contributed by atoms with E-state index in [4.69, 9.17) is 14.2 Å². The lowest BCUT2D eigenvalue weighted by Crippen LogP contribution is -2.46. The van der Waals surface area contributed by atoms with Gasteiger partial charge >= 0.3 is 0 Å². The zero-order valence-corrected chi connectivity index (χ0v) is 19.0. The molecule has 1 aromatic carbocycles. The van der Waals surface area contributed by atoms with E-state index in [-0.39, 0.29) is 26.1 Å². The topological polar surface area (TPSA) is 27.7 Å². The number of halogens is 5. The van der Waals surface area contributed by atoms with E-state index in [9.17, 15) is 22.0 Å². The van der Waals surface area contributed by atoms with Gasteiger partial charge in [0.25, 0.3) is 5.97 Å². The van der Waals surface area contributed by atoms with Crippen LogP contribution in [0.5, 0.6) is 0 Å². The van der Waals surface area contributed by atoms with E-state index in [1.165, 1.54) is 7.11 Å². The molecule has 180 valence electrons. The average molecular weight is 455 g/mol. The second kappa shape index (κ2) is 14.0. The molecule has 0 saturated heterocycles. The summed E-state index contributed by atoms with van der Waals surface area (Å²) >= 11 is 0. The summed E-state index contributed by atoms with van der Waals surface area (Å²) in [6.07, 6.45) is 6.50. The molecule has 0 aliphatic heterocycles. The molecule has 0 aliphatic rings. The fraction of sp³-hybridized carbons (Fsp3) is 0.739. The van der Waals surface area contributed by atoms with Crippen LogP contribution in [-0.4, -0.2) is 26.3 Å². The minimum Gasteiger partial charge on any atom is -0.331 e. The molecule has 0 bridgehead atoms. The summed E-state index contributed by atoms with van der Waals surface area (Å²) in [7, 11) is 1.41. The zero-order chi connectivity index (χ0) is 23.4. The molecule has 1 rings (SSSR count). The molecular weight excluding hydrogens is 419 g/mol. The standard InChI is InChI=1S/C23H35F5O3/c1-5-8-9-10-11-12-13-16(23(29-4,30-6-2)31-7-3)14-15-17-18(24)20(26)22(28)21(27)19(17)25/h16H,5-15H2,1-4H3. The van der Waals surface area contributed by atoms with Crippen molar-refractivity contribution in [2.24, 2.45) is 5.92 Å². The van der Waals surface area contributed by atoms with E-state index in [2.05, 4.69) is 6.92 Å². The monoisotopic (exact) mass is 454 g/mol. The van der Waals surface area contributed by atoms with Crippen molar-refractivity contribution in [2.75, 3.05) is 20.3 Å². The molecule has 0 fully saturated rings. The molecule has 0 spiro atoms. The third kappa shape index (κ3) is 7.39. The summed E-state index contributed by atoms with van der Waals surface area (Å²) in [6, 6.07) is 0. The molecule has 1 aromatic rings. The summed E-state index contributed by atoms with van der Waals surface area (Å²) in [6.45, 7) is 6.19. The van der Waals surface area contributed by atoms with Crippen LogP contribution < -0.4 is 0 Å². The largest absolute Gasteiger partial charge is 0.331 e. The van der Waals surface area contributed by atoms with Crippen LogP contribution in [0.1, 0.15) is 77.7 Å². The van der Waals surface area contributed by atoms with Gasteiger partial charge in [0.05, 0.1) is 0 Å². The van der Waals surface area contributed by atoms with Crippen LogP contribution in [0.15, 0.2) is 0 Å². The second-order valence-electron chi connectivity index (χ2n) is 7.51. The van der Waals surface area contributed by atoms with Gasteiger partial charge in [-0.05, 0) is 33.1 Å². The van der Waals surface area contributed by atoms with Crippen molar-refractivity contribution in [3.05, 3.63) is 34.6 Å². The molecule has 0 N–H and O–H groups in total. The maximum absolute atomic E-state index is 14.1. The maximum atomic E-state index is 14.1. The van der Waals surface area contributed by atoms with Gasteiger partial charge in [-0.25, -0.2) is 22.0 Å². The predicted octanol–water partition coefficient (Wildman–Crippen LogP) is 7.05. The Morgan fingerprint density at radius 2 is 1.16 bits per heavy atom. The van der Waals surface area contributed by atoms with Gasteiger partial charge in [-0.15, -0.1) is 0 Å². The smallest absolute Gasteiger partial charge is 0.285 e. The van der Waals surface area contributed by atoms with Crippen LogP contribution in [0.2, 0.25) is 0 Å². The van der Waals surface area contributed by atoms with Gasteiger partial charge < -0.3 is 14.2 Å². The molecule has 0 radical (unpaired) electrons. The fourth-order valence-corrected chi connectivity index (χ4v) is 3.82. The van der Waals surface area contributed by atoms with Crippen LogP contribution in [0.4, 0.5) is 22.0 Å². The average Bonchev–Trinajstić information content (AvgIpc) is 2.76. The number of benzene rings is 1.